The Morgan fingerprint density at radius 3 is 2.36 bits per heavy atom. The number of hydrogen-bond acceptors (Lipinski definition) is 4. The van der Waals surface area contributed by atoms with Crippen molar-refractivity contribution in [3.05, 3.63) is 70.1 Å². The molecule has 2 aromatic carbocycles. The van der Waals surface area contributed by atoms with Gasteiger partial charge in [0, 0.05) is 43.7 Å². The van der Waals surface area contributed by atoms with E-state index in [1.54, 1.807) is 6.08 Å². The number of rotatable bonds is 5. The van der Waals surface area contributed by atoms with Crippen LogP contribution in [-0.4, -0.2) is 48.9 Å². The molecule has 1 aliphatic heterocycles. The van der Waals surface area contributed by atoms with E-state index < -0.39 is 10.0 Å². The summed E-state index contributed by atoms with van der Waals surface area (Å²) in [4.78, 5) is 2.21. The molecular weight excluding hydrogens is 372 g/mol. The fourth-order valence-electron chi connectivity index (χ4n) is 3.99. The highest BCUT2D eigenvalue weighted by molar-refractivity contribution is 7.92. The smallest absolute Gasteiger partial charge is 0.236 e. The lowest BCUT2D eigenvalue weighted by Gasteiger charge is -2.33. The van der Waals surface area contributed by atoms with E-state index in [0.29, 0.717) is 38.5 Å². The van der Waals surface area contributed by atoms with Crippen LogP contribution in [0.2, 0.25) is 0 Å². The van der Waals surface area contributed by atoms with Gasteiger partial charge in [-0.2, -0.15) is 4.31 Å². The largest absolute Gasteiger partial charge is 0.508 e. The van der Waals surface area contributed by atoms with Gasteiger partial charge in [0.2, 0.25) is 10.0 Å². The molecule has 1 fully saturated rings. The summed E-state index contributed by atoms with van der Waals surface area (Å²) in [6, 6.07) is 13.5. The molecule has 0 unspecified atom stereocenters. The van der Waals surface area contributed by atoms with Gasteiger partial charge in [0.05, 0.1) is 0 Å². The average molecular weight is 399 g/mol. The van der Waals surface area contributed by atoms with Crippen molar-refractivity contribution in [2.45, 2.75) is 25.8 Å². The summed E-state index contributed by atoms with van der Waals surface area (Å²) in [6.07, 6.45) is 4.94. The number of sulfonamides is 1. The lowest BCUT2D eigenvalue weighted by Crippen LogP contribution is -2.47. The van der Waals surface area contributed by atoms with Gasteiger partial charge in [0.15, 0.2) is 0 Å². The lowest BCUT2D eigenvalue weighted by atomic mass is 10.0. The molecule has 6 heteroatoms. The van der Waals surface area contributed by atoms with E-state index in [1.807, 2.05) is 36.4 Å². The van der Waals surface area contributed by atoms with Gasteiger partial charge in [-0.05, 0) is 48.1 Å². The van der Waals surface area contributed by atoms with Crippen molar-refractivity contribution in [2.75, 3.05) is 26.2 Å². The van der Waals surface area contributed by atoms with Crippen molar-refractivity contribution in [1.82, 2.24) is 9.21 Å². The van der Waals surface area contributed by atoms with Crippen LogP contribution in [0.15, 0.2) is 47.9 Å². The number of benzene rings is 2. The molecule has 0 radical (unpaired) electrons. The zero-order valence-electron chi connectivity index (χ0n) is 15.9. The Balaban J connectivity index is 1.36. The van der Waals surface area contributed by atoms with E-state index in [2.05, 4.69) is 11.0 Å². The summed E-state index contributed by atoms with van der Waals surface area (Å²) in [7, 11) is -3.42. The zero-order valence-corrected chi connectivity index (χ0v) is 16.7. The molecule has 0 aromatic heterocycles. The SMILES string of the molecule is O=S(=O)(/C=C/c1ccccc1)N1CCN(Cc2cc3c(cc2O)CCC3)CC1. The minimum absolute atomic E-state index is 0.362. The van der Waals surface area contributed by atoms with E-state index in [4.69, 9.17) is 0 Å². The zero-order chi connectivity index (χ0) is 19.6. The van der Waals surface area contributed by atoms with Gasteiger partial charge in [-0.3, -0.25) is 4.90 Å². The molecule has 28 heavy (non-hydrogen) atoms. The molecule has 5 nitrogen and oxygen atoms in total. The molecule has 0 amide bonds. The van der Waals surface area contributed by atoms with Crippen LogP contribution in [0.3, 0.4) is 0 Å². The molecule has 148 valence electrons. The molecule has 1 N–H and O–H groups in total. The first-order valence-electron chi connectivity index (χ1n) is 9.80. The Labute approximate surface area is 167 Å². The van der Waals surface area contributed by atoms with Gasteiger partial charge in [-0.25, -0.2) is 8.42 Å². The van der Waals surface area contributed by atoms with E-state index in [-0.39, 0.29) is 0 Å². The Morgan fingerprint density at radius 2 is 1.64 bits per heavy atom. The number of hydrogen-bond donors (Lipinski definition) is 1. The third-order valence-corrected chi connectivity index (χ3v) is 7.18. The number of nitrogens with zero attached hydrogens (tertiary/aromatic N) is 2. The first-order valence-corrected chi connectivity index (χ1v) is 11.3. The van der Waals surface area contributed by atoms with E-state index >= 15 is 0 Å². The average Bonchev–Trinajstić information content (AvgIpc) is 3.15. The number of piperazine rings is 1. The third-order valence-electron chi connectivity index (χ3n) is 5.61. The molecule has 1 saturated heterocycles. The van der Waals surface area contributed by atoms with Crippen molar-refractivity contribution in [3.63, 3.8) is 0 Å². The van der Waals surface area contributed by atoms with Crippen molar-refractivity contribution in [2.24, 2.45) is 0 Å². The summed E-state index contributed by atoms with van der Waals surface area (Å²) in [5.41, 5.74) is 4.43. The van der Waals surface area contributed by atoms with Crippen molar-refractivity contribution in [1.29, 1.82) is 0 Å². The molecule has 0 atom stereocenters. The van der Waals surface area contributed by atoms with Crippen molar-refractivity contribution in [3.8, 4) is 5.75 Å². The van der Waals surface area contributed by atoms with E-state index in [9.17, 15) is 13.5 Å². The third kappa shape index (κ3) is 4.29. The Hall–Kier alpha value is -2.15. The van der Waals surface area contributed by atoms with Gasteiger partial charge in [0.1, 0.15) is 5.75 Å². The molecule has 0 spiro atoms. The second-order valence-corrected chi connectivity index (χ2v) is 9.36. The van der Waals surface area contributed by atoms with Crippen LogP contribution in [0, 0.1) is 0 Å². The predicted molar refractivity (Wildman–Crippen MR) is 111 cm³/mol. The minimum Gasteiger partial charge on any atom is -0.508 e. The second-order valence-electron chi connectivity index (χ2n) is 7.54. The molecule has 2 aromatic rings. The van der Waals surface area contributed by atoms with Gasteiger partial charge < -0.3 is 5.11 Å². The van der Waals surface area contributed by atoms with Crippen LogP contribution < -0.4 is 0 Å². The van der Waals surface area contributed by atoms with Crippen molar-refractivity contribution >= 4 is 16.1 Å². The molecule has 1 heterocycles. The maximum atomic E-state index is 12.6. The van der Waals surface area contributed by atoms with E-state index in [1.165, 1.54) is 20.8 Å². The molecule has 2 aliphatic rings. The Morgan fingerprint density at radius 1 is 0.964 bits per heavy atom. The summed E-state index contributed by atoms with van der Waals surface area (Å²) in [5.74, 6) is 0.362. The van der Waals surface area contributed by atoms with Gasteiger partial charge >= 0.3 is 0 Å². The molecule has 1 aliphatic carbocycles. The first-order chi connectivity index (χ1) is 13.5. The highest BCUT2D eigenvalue weighted by atomic mass is 32.2. The highest BCUT2D eigenvalue weighted by Crippen LogP contribution is 2.30. The van der Waals surface area contributed by atoms with Crippen LogP contribution in [0.25, 0.3) is 6.08 Å². The molecule has 0 bridgehead atoms. The summed E-state index contributed by atoms with van der Waals surface area (Å²) >= 11 is 0. The monoisotopic (exact) mass is 398 g/mol. The number of phenols is 1. The fourth-order valence-corrected chi connectivity index (χ4v) is 5.16. The summed E-state index contributed by atoms with van der Waals surface area (Å²) in [6.45, 7) is 2.91. The van der Waals surface area contributed by atoms with Gasteiger partial charge in [0.25, 0.3) is 0 Å². The minimum atomic E-state index is -3.42. The topological polar surface area (TPSA) is 60.9 Å². The van der Waals surface area contributed by atoms with Crippen LogP contribution in [-0.2, 0) is 29.4 Å². The number of fused-ring (bicyclic) bond motifs is 1. The van der Waals surface area contributed by atoms with Crippen molar-refractivity contribution < 1.29 is 13.5 Å². The van der Waals surface area contributed by atoms with Gasteiger partial charge in [-0.1, -0.05) is 36.4 Å². The maximum absolute atomic E-state index is 12.6. The molecular formula is C22H26N2O3S. The van der Waals surface area contributed by atoms with Crippen LogP contribution >= 0.6 is 0 Å². The quantitative estimate of drug-likeness (QED) is 0.841. The highest BCUT2D eigenvalue weighted by Gasteiger charge is 2.25. The molecule has 0 saturated carbocycles. The number of aryl methyl sites for hydroxylation is 2. The van der Waals surface area contributed by atoms with E-state index in [0.717, 1.165) is 30.4 Å². The molecule has 4 rings (SSSR count). The number of aromatic hydroxyl groups is 1. The first kappa shape index (κ1) is 19.2. The maximum Gasteiger partial charge on any atom is 0.236 e. The van der Waals surface area contributed by atoms with Crippen LogP contribution in [0.1, 0.15) is 28.7 Å². The Kier molecular flexibility index (Phi) is 5.53. The predicted octanol–water partition coefficient (Wildman–Crippen LogP) is 3.00. The Bertz CT molecular complexity index is 963. The number of phenolic OH excluding ortho intramolecular Hbond substituents is 1. The van der Waals surface area contributed by atoms with Crippen LogP contribution in [0.5, 0.6) is 5.75 Å². The summed E-state index contributed by atoms with van der Waals surface area (Å²) < 4.78 is 26.7. The standard InChI is InChI=1S/C22H26N2O3S/c25-22-16-20-8-4-7-19(20)15-21(22)17-23-10-12-24(13-11-23)28(26,27)14-9-18-5-2-1-3-6-18/h1-3,5-6,9,14-16,25H,4,7-8,10-13,17H2/b14-9+. The lowest BCUT2D eigenvalue weighted by molar-refractivity contribution is 0.181. The second kappa shape index (κ2) is 8.07. The van der Waals surface area contributed by atoms with Gasteiger partial charge in [-0.15, -0.1) is 0 Å². The normalized spacial score (nSPS) is 18.6. The summed E-state index contributed by atoms with van der Waals surface area (Å²) in [5, 5.41) is 11.6. The fraction of sp³-hybridized carbons (Fsp3) is 0.364. The van der Waals surface area contributed by atoms with Crippen LogP contribution in [0.4, 0.5) is 0 Å².